The average molecular weight is 827 g/mol. The molecule has 4 aliphatic rings. The summed E-state index contributed by atoms with van der Waals surface area (Å²) < 4.78 is 3.15. The van der Waals surface area contributed by atoms with E-state index < -0.39 is 11.9 Å². The Hall–Kier alpha value is -0.847. The number of allylic oxidation sites excluding steroid dienone is 2. The molecule has 0 bridgehead atoms. The van der Waals surface area contributed by atoms with Crippen LogP contribution in [0.5, 0.6) is 0 Å². The van der Waals surface area contributed by atoms with Crippen LogP contribution in [0.25, 0.3) is 0 Å². The number of rotatable bonds is 6. The normalized spacial score (nSPS) is 20.2. The number of benzene rings is 2. The van der Waals surface area contributed by atoms with Gasteiger partial charge in [0, 0.05) is 0 Å². The molecule has 2 nitrogen and oxygen atoms in total. The molecule has 2 aromatic carbocycles. The average Bonchev–Trinajstić information content (AvgIpc) is 3.50. The van der Waals surface area contributed by atoms with Crippen LogP contribution in [0.4, 0.5) is 11.4 Å². The molecule has 1 heterocycles. The molecule has 1 aliphatic heterocycles. The monoisotopic (exact) mass is 826 g/mol. The summed E-state index contributed by atoms with van der Waals surface area (Å²) in [6.07, 6.45) is 25.7. The number of hydrogen-bond donors (Lipinski definition) is 0. The van der Waals surface area contributed by atoms with Gasteiger partial charge in [0.2, 0.25) is 0 Å². The van der Waals surface area contributed by atoms with E-state index in [1.54, 1.807) is 77.0 Å². The van der Waals surface area contributed by atoms with Gasteiger partial charge in [0.15, 0.2) is 0 Å². The SMILES string of the molecule is C1CCC(P(C2CCCCC2)C2CCCCC2)CC1.CC(C)=C[CH]=[Ru]([Cl])([Cl])=[C]1N(c2c(C)cc(C)cc2C)CCN1c1c(C)cc(C)cc1C. The van der Waals surface area contributed by atoms with Gasteiger partial charge in [0.05, 0.1) is 0 Å². The number of aryl methyl sites for hydroxylation is 6. The summed E-state index contributed by atoms with van der Waals surface area (Å²) in [5.74, 6) is 0. The number of hydrogen-bond acceptors (Lipinski definition) is 2. The Balaban J connectivity index is 0.000000217. The van der Waals surface area contributed by atoms with Crippen LogP contribution in [0.3, 0.4) is 0 Å². The van der Waals surface area contributed by atoms with Crippen molar-refractivity contribution in [1.82, 2.24) is 0 Å². The first-order chi connectivity index (χ1) is 23.9. The molecule has 0 spiro atoms. The van der Waals surface area contributed by atoms with E-state index in [9.17, 15) is 0 Å². The van der Waals surface area contributed by atoms with E-state index >= 15 is 0 Å². The summed E-state index contributed by atoms with van der Waals surface area (Å²) in [5.41, 5.74) is 14.9. The zero-order chi connectivity index (χ0) is 36.0. The predicted molar refractivity (Wildman–Crippen MR) is 226 cm³/mol. The molecule has 3 aliphatic carbocycles. The fourth-order valence-corrected chi connectivity index (χ4v) is 19.8. The Morgan fingerprint density at radius 3 is 1.20 bits per heavy atom. The second-order valence-electron chi connectivity index (χ2n) is 16.2. The molecule has 0 radical (unpaired) electrons. The van der Waals surface area contributed by atoms with Crippen LogP contribution in [0.2, 0.25) is 0 Å². The van der Waals surface area contributed by atoms with E-state index in [0.29, 0.717) is 7.92 Å². The molecule has 0 aromatic heterocycles. The summed E-state index contributed by atoms with van der Waals surface area (Å²) in [6, 6.07) is 9.00. The predicted octanol–water partition coefficient (Wildman–Crippen LogP) is 13.6. The summed E-state index contributed by atoms with van der Waals surface area (Å²) in [7, 11) is 14.9. The standard InChI is InChI=1S/C21H26N2.C18H33P.C5H8.2ClH.Ru/c1-14-9-16(3)20(17(4)10-14)22-7-8-23(13-22)21-18(5)11-15(2)12-19(21)6;1-4-10-16(11-5-1)19(17-12-6-2-7-13-17)18-14-8-3-9-15-18;1-4-5(2)3;;;/h9-12H,7-8H2,1-6H3;16-18H,1-15H2;1,4H,2-3H3;2*1H;/q;;;;;+2/p-2. The van der Waals surface area contributed by atoms with Gasteiger partial charge in [-0.05, 0) is 55.5 Å². The van der Waals surface area contributed by atoms with Crippen molar-refractivity contribution < 1.29 is 11.9 Å². The minimum atomic E-state index is -3.33. The van der Waals surface area contributed by atoms with E-state index in [0.717, 1.165) is 17.4 Å². The van der Waals surface area contributed by atoms with E-state index in [1.165, 1.54) is 86.6 Å². The van der Waals surface area contributed by atoms with Crippen LogP contribution in [0.15, 0.2) is 35.9 Å². The topological polar surface area (TPSA) is 6.48 Å². The maximum absolute atomic E-state index is 7.26. The van der Waals surface area contributed by atoms with Gasteiger partial charge in [-0.1, -0.05) is 65.7 Å². The van der Waals surface area contributed by atoms with Crippen molar-refractivity contribution in [2.75, 3.05) is 22.9 Å². The van der Waals surface area contributed by atoms with Crippen molar-refractivity contribution in [3.8, 4) is 0 Å². The van der Waals surface area contributed by atoms with Gasteiger partial charge in [0.25, 0.3) is 0 Å². The van der Waals surface area contributed by atoms with E-state index in [4.69, 9.17) is 19.4 Å². The van der Waals surface area contributed by atoms with Gasteiger partial charge in [-0.15, -0.1) is 0 Å². The zero-order valence-electron chi connectivity index (χ0n) is 32.7. The van der Waals surface area contributed by atoms with Gasteiger partial charge < -0.3 is 0 Å². The molecule has 280 valence electrons. The molecule has 0 atom stereocenters. The third-order valence-corrected chi connectivity index (χ3v) is 21.1. The van der Waals surface area contributed by atoms with Crippen molar-refractivity contribution in [3.63, 3.8) is 0 Å². The van der Waals surface area contributed by atoms with E-state index in [2.05, 4.69) is 100 Å². The van der Waals surface area contributed by atoms with Gasteiger partial charge in [0.1, 0.15) is 0 Å². The summed E-state index contributed by atoms with van der Waals surface area (Å²) in [5, 5.41) is 0. The molecular weight excluding hydrogens is 759 g/mol. The molecule has 6 heteroatoms. The number of halogens is 2. The van der Waals surface area contributed by atoms with Crippen molar-refractivity contribution in [1.29, 1.82) is 0 Å². The van der Waals surface area contributed by atoms with Crippen molar-refractivity contribution in [3.05, 3.63) is 69.3 Å². The Morgan fingerprint density at radius 2 is 0.900 bits per heavy atom. The number of anilines is 2. The summed E-state index contributed by atoms with van der Waals surface area (Å²) >= 11 is -3.33. The van der Waals surface area contributed by atoms with Crippen molar-refractivity contribution in [2.45, 2.75) is 169 Å². The van der Waals surface area contributed by atoms with Crippen molar-refractivity contribution in [2.24, 2.45) is 0 Å². The third kappa shape index (κ3) is 10.0. The molecule has 0 unspecified atom stereocenters. The molecule has 6 rings (SSSR count). The Bertz CT molecular complexity index is 1450. The maximum atomic E-state index is 7.26. The van der Waals surface area contributed by atoms with Crippen LogP contribution in [0.1, 0.15) is 144 Å². The summed E-state index contributed by atoms with van der Waals surface area (Å²) in [4.78, 5) is 4.79. The molecule has 1 saturated heterocycles. The van der Waals surface area contributed by atoms with Crippen LogP contribution in [-0.4, -0.2) is 39.0 Å². The Labute approximate surface area is 318 Å². The first-order valence-corrected chi connectivity index (χ1v) is 27.7. The molecule has 0 amide bonds. The second kappa shape index (κ2) is 18.5. The van der Waals surface area contributed by atoms with Crippen LogP contribution < -0.4 is 9.80 Å². The molecule has 4 fully saturated rings. The first kappa shape index (κ1) is 40.3. The van der Waals surface area contributed by atoms with Crippen LogP contribution >= 0.6 is 27.3 Å². The molecule has 50 heavy (non-hydrogen) atoms. The van der Waals surface area contributed by atoms with Gasteiger partial charge in [-0.25, -0.2) is 0 Å². The molecular formula is C44H67Cl2N2PRu. The summed E-state index contributed by atoms with van der Waals surface area (Å²) in [6.45, 7) is 19.0. The van der Waals surface area contributed by atoms with Gasteiger partial charge in [-0.2, -0.15) is 0 Å². The second-order valence-corrected chi connectivity index (χ2v) is 28.6. The first-order valence-electron chi connectivity index (χ1n) is 19.8. The van der Waals surface area contributed by atoms with Crippen molar-refractivity contribution >= 4 is 47.6 Å². The van der Waals surface area contributed by atoms with Gasteiger partial charge >= 0.3 is 199 Å². The molecule has 3 saturated carbocycles. The van der Waals surface area contributed by atoms with Gasteiger partial charge in [-0.3, -0.25) is 0 Å². The quantitative estimate of drug-likeness (QED) is 0.211. The van der Waals surface area contributed by atoms with Crippen LogP contribution in [0, 0.1) is 41.5 Å². The Morgan fingerprint density at radius 1 is 0.580 bits per heavy atom. The van der Waals surface area contributed by atoms with E-state index in [1.807, 2.05) is 0 Å². The third-order valence-electron chi connectivity index (χ3n) is 11.5. The zero-order valence-corrected chi connectivity index (χ0v) is 36.8. The Kier molecular flexibility index (Phi) is 14.9. The van der Waals surface area contributed by atoms with E-state index in [-0.39, 0.29) is 0 Å². The minimum absolute atomic E-state index is 0.385. The molecule has 0 N–H and O–H groups in total. The fourth-order valence-electron chi connectivity index (χ4n) is 9.65. The van der Waals surface area contributed by atoms with Crippen LogP contribution in [-0.2, 0) is 11.9 Å². The molecule has 2 aromatic rings. The fraction of sp³-hybridized carbons (Fsp3) is 0.636. The number of nitrogens with zero attached hydrogens (tertiary/aromatic N) is 2.